The van der Waals surface area contributed by atoms with E-state index < -0.39 is 11.5 Å². The Morgan fingerprint density at radius 2 is 1.88 bits per heavy atom. The van der Waals surface area contributed by atoms with E-state index in [4.69, 9.17) is 5.11 Å². The predicted octanol–water partition coefficient (Wildman–Crippen LogP) is 1.35. The zero-order chi connectivity index (χ0) is 12.3. The lowest BCUT2D eigenvalue weighted by atomic mass is 9.76. The molecule has 0 saturated heterocycles. The molecule has 1 fully saturated rings. The van der Waals surface area contributed by atoms with Gasteiger partial charge >= 0.3 is 5.97 Å². The van der Waals surface area contributed by atoms with E-state index in [1.165, 1.54) is 0 Å². The third-order valence-corrected chi connectivity index (χ3v) is 3.20. The van der Waals surface area contributed by atoms with Gasteiger partial charge in [0.25, 0.3) is 0 Å². The van der Waals surface area contributed by atoms with Crippen LogP contribution in [0.5, 0.6) is 0 Å². The molecule has 1 aromatic carbocycles. The van der Waals surface area contributed by atoms with Crippen molar-refractivity contribution in [3.8, 4) is 0 Å². The lowest BCUT2D eigenvalue weighted by Gasteiger charge is -2.38. The molecule has 1 aliphatic rings. The number of rotatable bonds is 4. The molecule has 4 heteroatoms. The zero-order valence-corrected chi connectivity index (χ0v) is 9.48. The Balaban J connectivity index is 1.96. The smallest absolute Gasteiger partial charge is 0.329 e. The molecule has 0 unspecified atom stereocenters. The van der Waals surface area contributed by atoms with Gasteiger partial charge < -0.3 is 10.4 Å². The van der Waals surface area contributed by atoms with Gasteiger partial charge in [-0.05, 0) is 24.8 Å². The summed E-state index contributed by atoms with van der Waals surface area (Å²) >= 11 is 0. The minimum absolute atomic E-state index is 0.224. The minimum Gasteiger partial charge on any atom is -0.480 e. The van der Waals surface area contributed by atoms with E-state index in [1.807, 2.05) is 30.3 Å². The largest absolute Gasteiger partial charge is 0.480 e. The summed E-state index contributed by atoms with van der Waals surface area (Å²) in [5.74, 6) is -1.15. The second-order valence-electron chi connectivity index (χ2n) is 4.45. The highest BCUT2D eigenvalue weighted by molar-refractivity contribution is 5.88. The van der Waals surface area contributed by atoms with Gasteiger partial charge in [-0.25, -0.2) is 4.79 Å². The van der Waals surface area contributed by atoms with Crippen molar-refractivity contribution in [3.63, 3.8) is 0 Å². The first-order valence-corrected chi connectivity index (χ1v) is 5.71. The van der Waals surface area contributed by atoms with Crippen LogP contribution in [0.1, 0.15) is 24.8 Å². The van der Waals surface area contributed by atoms with Crippen LogP contribution in [0, 0.1) is 0 Å². The van der Waals surface area contributed by atoms with Gasteiger partial charge in [0.05, 0.1) is 6.42 Å². The van der Waals surface area contributed by atoms with Crippen LogP contribution < -0.4 is 5.32 Å². The number of benzene rings is 1. The Labute approximate surface area is 99.6 Å². The first kappa shape index (κ1) is 11.6. The molecule has 1 aliphatic carbocycles. The fraction of sp³-hybridized carbons (Fsp3) is 0.385. The number of carboxylic acids is 1. The number of hydrogen-bond donors (Lipinski definition) is 2. The van der Waals surface area contributed by atoms with Gasteiger partial charge in [0.2, 0.25) is 5.91 Å². The van der Waals surface area contributed by atoms with Crippen LogP contribution in [-0.4, -0.2) is 22.5 Å². The van der Waals surface area contributed by atoms with Gasteiger partial charge in [-0.2, -0.15) is 0 Å². The average Bonchev–Trinajstić information content (AvgIpc) is 2.24. The van der Waals surface area contributed by atoms with Crippen molar-refractivity contribution in [2.75, 3.05) is 0 Å². The molecule has 0 atom stereocenters. The van der Waals surface area contributed by atoms with Crippen molar-refractivity contribution in [1.29, 1.82) is 0 Å². The lowest BCUT2D eigenvalue weighted by molar-refractivity contribution is -0.151. The SMILES string of the molecule is O=C(Cc1ccccc1)NC1(C(=O)O)CCC1. The number of hydrogen-bond acceptors (Lipinski definition) is 2. The highest BCUT2D eigenvalue weighted by Gasteiger charge is 2.45. The molecule has 2 N–H and O–H groups in total. The van der Waals surface area contributed by atoms with E-state index in [0.29, 0.717) is 12.8 Å². The maximum atomic E-state index is 11.8. The quantitative estimate of drug-likeness (QED) is 0.825. The van der Waals surface area contributed by atoms with Gasteiger partial charge in [-0.1, -0.05) is 30.3 Å². The summed E-state index contributed by atoms with van der Waals surface area (Å²) in [6, 6.07) is 9.31. The number of aliphatic carboxylic acids is 1. The van der Waals surface area contributed by atoms with Gasteiger partial charge in [0.1, 0.15) is 5.54 Å². The van der Waals surface area contributed by atoms with Crippen molar-refractivity contribution in [1.82, 2.24) is 5.32 Å². The first-order chi connectivity index (χ1) is 8.12. The summed E-state index contributed by atoms with van der Waals surface area (Å²) in [5.41, 5.74) is -0.115. The normalized spacial score (nSPS) is 16.9. The maximum absolute atomic E-state index is 11.8. The summed E-state index contributed by atoms with van der Waals surface area (Å²) in [5, 5.41) is 11.7. The van der Waals surface area contributed by atoms with E-state index >= 15 is 0 Å². The summed E-state index contributed by atoms with van der Waals surface area (Å²) in [7, 11) is 0. The molecule has 2 rings (SSSR count). The minimum atomic E-state index is -1.01. The molecule has 1 amide bonds. The summed E-state index contributed by atoms with van der Waals surface area (Å²) in [6.07, 6.45) is 2.15. The molecule has 0 heterocycles. The van der Waals surface area contributed by atoms with Gasteiger partial charge in [0.15, 0.2) is 0 Å². The average molecular weight is 233 g/mol. The van der Waals surface area contributed by atoms with Crippen LogP contribution in [-0.2, 0) is 16.0 Å². The Morgan fingerprint density at radius 1 is 1.24 bits per heavy atom. The van der Waals surface area contributed by atoms with Crippen molar-refractivity contribution < 1.29 is 14.7 Å². The molecule has 0 bridgehead atoms. The molecule has 0 aromatic heterocycles. The van der Waals surface area contributed by atoms with Crippen LogP contribution >= 0.6 is 0 Å². The number of carbonyl (C=O) groups is 2. The van der Waals surface area contributed by atoms with Gasteiger partial charge in [0, 0.05) is 0 Å². The zero-order valence-electron chi connectivity index (χ0n) is 9.48. The van der Waals surface area contributed by atoms with E-state index in [1.54, 1.807) is 0 Å². The van der Waals surface area contributed by atoms with Gasteiger partial charge in [-0.15, -0.1) is 0 Å². The molecule has 17 heavy (non-hydrogen) atoms. The third kappa shape index (κ3) is 2.46. The predicted molar refractivity (Wildman–Crippen MR) is 62.5 cm³/mol. The van der Waals surface area contributed by atoms with Gasteiger partial charge in [-0.3, -0.25) is 4.79 Å². The molecule has 90 valence electrons. The monoisotopic (exact) mass is 233 g/mol. The topological polar surface area (TPSA) is 66.4 Å². The van der Waals surface area contributed by atoms with Crippen LogP contribution in [0.15, 0.2) is 30.3 Å². The maximum Gasteiger partial charge on any atom is 0.329 e. The number of amides is 1. The highest BCUT2D eigenvalue weighted by Crippen LogP contribution is 2.32. The second kappa shape index (κ2) is 4.57. The third-order valence-electron chi connectivity index (χ3n) is 3.20. The molecule has 4 nitrogen and oxygen atoms in total. The van der Waals surface area contributed by atoms with Crippen molar-refractivity contribution >= 4 is 11.9 Å². The van der Waals surface area contributed by atoms with Crippen LogP contribution in [0.4, 0.5) is 0 Å². The fourth-order valence-electron chi connectivity index (χ4n) is 2.01. The van der Waals surface area contributed by atoms with E-state index in [0.717, 1.165) is 12.0 Å². The molecule has 1 aromatic rings. The van der Waals surface area contributed by atoms with Crippen LogP contribution in [0.3, 0.4) is 0 Å². The number of carboxylic acid groups (broad SMARTS) is 1. The summed E-state index contributed by atoms with van der Waals surface area (Å²) < 4.78 is 0. The molecular weight excluding hydrogens is 218 g/mol. The van der Waals surface area contributed by atoms with Crippen molar-refractivity contribution in [2.45, 2.75) is 31.2 Å². The molecule has 0 aliphatic heterocycles. The molecule has 0 spiro atoms. The first-order valence-electron chi connectivity index (χ1n) is 5.71. The highest BCUT2D eigenvalue weighted by atomic mass is 16.4. The Kier molecular flexibility index (Phi) is 3.13. The van der Waals surface area contributed by atoms with Crippen molar-refractivity contribution in [2.24, 2.45) is 0 Å². The lowest BCUT2D eigenvalue weighted by Crippen LogP contribution is -2.59. The Hall–Kier alpha value is -1.84. The van der Waals surface area contributed by atoms with E-state index in [2.05, 4.69) is 5.32 Å². The van der Waals surface area contributed by atoms with Crippen LogP contribution in [0.25, 0.3) is 0 Å². The Bertz CT molecular complexity index is 424. The standard InChI is InChI=1S/C13H15NO3/c15-11(9-10-5-2-1-3-6-10)14-13(12(16)17)7-4-8-13/h1-3,5-6H,4,7-9H2,(H,14,15)(H,16,17). The molecule has 1 saturated carbocycles. The summed E-state index contributed by atoms with van der Waals surface area (Å²) in [6.45, 7) is 0. The van der Waals surface area contributed by atoms with E-state index in [-0.39, 0.29) is 12.3 Å². The Morgan fingerprint density at radius 3 is 2.35 bits per heavy atom. The number of nitrogens with one attached hydrogen (secondary N) is 1. The number of carbonyl (C=O) groups excluding carboxylic acids is 1. The second-order valence-corrected chi connectivity index (χ2v) is 4.45. The molecular formula is C13H15NO3. The van der Waals surface area contributed by atoms with Crippen molar-refractivity contribution in [3.05, 3.63) is 35.9 Å². The van der Waals surface area contributed by atoms with E-state index in [9.17, 15) is 9.59 Å². The summed E-state index contributed by atoms with van der Waals surface area (Å²) in [4.78, 5) is 22.8. The molecule has 0 radical (unpaired) electrons. The fourth-order valence-corrected chi connectivity index (χ4v) is 2.01. The van der Waals surface area contributed by atoms with Crippen LogP contribution in [0.2, 0.25) is 0 Å².